The standard InChI is InChI=1S/C23H41Cl/c1-2-3-5-12-22-13-16-23(17-14-22,18-15-22)21-10-8-20(9-11-21)7-4-6-19-24/h20-21H,2-19H2,1H3. The number of fused-ring (bicyclic) bond motifs is 3. The number of alkyl halides is 1. The summed E-state index contributed by atoms with van der Waals surface area (Å²) in [5.41, 5.74) is 1.57. The van der Waals surface area contributed by atoms with E-state index < -0.39 is 0 Å². The molecule has 0 aliphatic heterocycles. The van der Waals surface area contributed by atoms with E-state index in [9.17, 15) is 0 Å². The van der Waals surface area contributed by atoms with Crippen molar-refractivity contribution in [1.29, 1.82) is 0 Å². The summed E-state index contributed by atoms with van der Waals surface area (Å²) in [6, 6.07) is 0. The molecule has 4 rings (SSSR count). The molecule has 0 N–H and O–H groups in total. The minimum atomic E-state index is 0.785. The van der Waals surface area contributed by atoms with Gasteiger partial charge in [-0.15, -0.1) is 11.6 Å². The Morgan fingerprint density at radius 2 is 1.46 bits per heavy atom. The summed E-state index contributed by atoms with van der Waals surface area (Å²) in [6.45, 7) is 2.34. The van der Waals surface area contributed by atoms with E-state index in [2.05, 4.69) is 6.92 Å². The molecule has 0 aromatic rings. The van der Waals surface area contributed by atoms with Crippen LogP contribution in [0.5, 0.6) is 0 Å². The van der Waals surface area contributed by atoms with Gasteiger partial charge in [-0.2, -0.15) is 0 Å². The van der Waals surface area contributed by atoms with Crippen LogP contribution in [-0.2, 0) is 0 Å². The fourth-order valence-electron chi connectivity index (χ4n) is 6.62. The number of hydrogen-bond acceptors (Lipinski definition) is 0. The van der Waals surface area contributed by atoms with Crippen LogP contribution in [-0.4, -0.2) is 5.88 Å². The average Bonchev–Trinajstić information content (AvgIpc) is 2.64. The van der Waals surface area contributed by atoms with Gasteiger partial charge in [-0.1, -0.05) is 51.9 Å². The molecule has 0 amide bonds. The predicted molar refractivity (Wildman–Crippen MR) is 107 cm³/mol. The third kappa shape index (κ3) is 4.33. The number of halogens is 1. The van der Waals surface area contributed by atoms with E-state index in [-0.39, 0.29) is 0 Å². The SMILES string of the molecule is CCCCCC12CCC(C3CCC(CCCCCl)CC3)(CC1)CC2. The van der Waals surface area contributed by atoms with Crippen LogP contribution in [0.25, 0.3) is 0 Å². The number of hydrogen-bond donors (Lipinski definition) is 0. The summed E-state index contributed by atoms with van der Waals surface area (Å²) >= 11 is 5.84. The Bertz CT molecular complexity index is 342. The van der Waals surface area contributed by atoms with Crippen molar-refractivity contribution in [1.82, 2.24) is 0 Å². The molecule has 0 saturated heterocycles. The molecule has 0 unspecified atom stereocenters. The van der Waals surface area contributed by atoms with E-state index in [4.69, 9.17) is 11.6 Å². The van der Waals surface area contributed by atoms with Crippen LogP contribution in [0.1, 0.15) is 116 Å². The molecule has 2 bridgehead atoms. The zero-order chi connectivity index (χ0) is 16.9. The van der Waals surface area contributed by atoms with Crippen LogP contribution in [0.2, 0.25) is 0 Å². The Hall–Kier alpha value is 0.290. The Kier molecular flexibility index (Phi) is 6.98. The Morgan fingerprint density at radius 1 is 0.792 bits per heavy atom. The molecule has 0 atom stereocenters. The molecule has 4 aliphatic rings. The van der Waals surface area contributed by atoms with Gasteiger partial charge < -0.3 is 0 Å². The third-order valence-corrected chi connectivity index (χ3v) is 8.75. The quantitative estimate of drug-likeness (QED) is 0.290. The van der Waals surface area contributed by atoms with Crippen LogP contribution >= 0.6 is 11.6 Å². The lowest BCUT2D eigenvalue weighted by atomic mass is 9.47. The second-order valence-electron chi connectivity index (χ2n) is 9.72. The van der Waals surface area contributed by atoms with Crippen LogP contribution < -0.4 is 0 Å². The first kappa shape index (κ1) is 19.1. The zero-order valence-electron chi connectivity index (χ0n) is 16.3. The largest absolute Gasteiger partial charge is 0.127 e. The summed E-state index contributed by atoms with van der Waals surface area (Å²) < 4.78 is 0. The molecular weight excluding hydrogens is 312 g/mol. The summed E-state index contributed by atoms with van der Waals surface area (Å²) in [5.74, 6) is 2.97. The molecule has 0 spiro atoms. The number of rotatable bonds is 9. The minimum Gasteiger partial charge on any atom is -0.127 e. The molecule has 0 heterocycles. The highest BCUT2D eigenvalue weighted by atomic mass is 35.5. The van der Waals surface area contributed by atoms with Gasteiger partial charge in [0.1, 0.15) is 0 Å². The van der Waals surface area contributed by atoms with Gasteiger partial charge in [0, 0.05) is 5.88 Å². The van der Waals surface area contributed by atoms with Gasteiger partial charge >= 0.3 is 0 Å². The van der Waals surface area contributed by atoms with E-state index in [0.717, 1.165) is 28.5 Å². The van der Waals surface area contributed by atoms with Gasteiger partial charge in [-0.3, -0.25) is 0 Å². The smallest absolute Gasteiger partial charge is 0.0223 e. The molecule has 1 heteroatoms. The predicted octanol–water partition coefficient (Wildman–Crippen LogP) is 8.12. The van der Waals surface area contributed by atoms with Crippen LogP contribution in [0.3, 0.4) is 0 Å². The minimum absolute atomic E-state index is 0.785. The van der Waals surface area contributed by atoms with Crippen molar-refractivity contribution in [3.05, 3.63) is 0 Å². The second kappa shape index (κ2) is 8.79. The second-order valence-corrected chi connectivity index (χ2v) is 10.1. The summed E-state index contributed by atoms with van der Waals surface area (Å²) in [7, 11) is 0. The molecule has 4 saturated carbocycles. The third-order valence-electron chi connectivity index (χ3n) is 8.48. The molecule has 24 heavy (non-hydrogen) atoms. The Morgan fingerprint density at radius 3 is 2.04 bits per heavy atom. The Balaban J connectivity index is 1.44. The van der Waals surface area contributed by atoms with Crippen molar-refractivity contribution in [2.45, 2.75) is 116 Å². The highest BCUT2D eigenvalue weighted by Gasteiger charge is 2.51. The molecule has 0 radical (unpaired) electrons. The first-order valence-electron chi connectivity index (χ1n) is 11.3. The summed E-state index contributed by atoms with van der Waals surface area (Å²) in [6.07, 6.45) is 25.6. The van der Waals surface area contributed by atoms with E-state index in [1.165, 1.54) is 51.4 Å². The van der Waals surface area contributed by atoms with Gasteiger partial charge in [0.15, 0.2) is 0 Å². The van der Waals surface area contributed by atoms with Crippen molar-refractivity contribution < 1.29 is 0 Å². The molecule has 140 valence electrons. The highest BCUT2D eigenvalue weighted by Crippen LogP contribution is 2.63. The van der Waals surface area contributed by atoms with Crippen LogP contribution in [0.4, 0.5) is 0 Å². The van der Waals surface area contributed by atoms with Gasteiger partial charge in [0.25, 0.3) is 0 Å². The van der Waals surface area contributed by atoms with E-state index in [1.807, 2.05) is 0 Å². The van der Waals surface area contributed by atoms with Gasteiger partial charge in [-0.25, -0.2) is 0 Å². The Labute approximate surface area is 156 Å². The topological polar surface area (TPSA) is 0 Å². The van der Waals surface area contributed by atoms with Gasteiger partial charge in [0.05, 0.1) is 0 Å². The normalized spacial score (nSPS) is 39.2. The first-order valence-corrected chi connectivity index (χ1v) is 11.8. The lowest BCUT2D eigenvalue weighted by Crippen LogP contribution is -2.46. The average molecular weight is 353 g/mol. The van der Waals surface area contributed by atoms with Gasteiger partial charge in [-0.05, 0) is 86.9 Å². The van der Waals surface area contributed by atoms with E-state index in [1.54, 1.807) is 57.8 Å². The molecule has 0 nitrogen and oxygen atoms in total. The molecule has 4 fully saturated rings. The maximum atomic E-state index is 5.84. The van der Waals surface area contributed by atoms with Gasteiger partial charge in [0.2, 0.25) is 0 Å². The molecule has 0 aromatic carbocycles. The summed E-state index contributed by atoms with van der Waals surface area (Å²) in [4.78, 5) is 0. The van der Waals surface area contributed by atoms with Crippen LogP contribution in [0.15, 0.2) is 0 Å². The lowest BCUT2D eigenvalue weighted by Gasteiger charge is -2.58. The fourth-order valence-corrected chi connectivity index (χ4v) is 6.81. The monoisotopic (exact) mass is 352 g/mol. The van der Waals surface area contributed by atoms with E-state index in [0.29, 0.717) is 0 Å². The fraction of sp³-hybridized carbons (Fsp3) is 1.00. The van der Waals surface area contributed by atoms with Crippen LogP contribution in [0, 0.1) is 22.7 Å². The molecule has 0 aromatic heterocycles. The first-order chi connectivity index (χ1) is 11.7. The summed E-state index contributed by atoms with van der Waals surface area (Å²) in [5, 5.41) is 0. The highest BCUT2D eigenvalue weighted by molar-refractivity contribution is 6.17. The zero-order valence-corrected chi connectivity index (χ0v) is 17.0. The van der Waals surface area contributed by atoms with E-state index >= 15 is 0 Å². The lowest BCUT2D eigenvalue weighted by molar-refractivity contribution is -0.0654. The maximum absolute atomic E-state index is 5.84. The van der Waals surface area contributed by atoms with Crippen molar-refractivity contribution in [2.24, 2.45) is 22.7 Å². The van der Waals surface area contributed by atoms with Crippen molar-refractivity contribution in [3.8, 4) is 0 Å². The molecule has 4 aliphatic carbocycles. The maximum Gasteiger partial charge on any atom is 0.0223 e. The number of unbranched alkanes of at least 4 members (excludes halogenated alkanes) is 3. The van der Waals surface area contributed by atoms with Crippen molar-refractivity contribution >= 4 is 11.6 Å². The molecular formula is C23H41Cl. The van der Waals surface area contributed by atoms with Crippen molar-refractivity contribution in [3.63, 3.8) is 0 Å². The van der Waals surface area contributed by atoms with Crippen molar-refractivity contribution in [2.75, 3.05) is 5.88 Å².